The second-order valence-electron chi connectivity index (χ2n) is 6.54. The van der Waals surface area contributed by atoms with Gasteiger partial charge in [0.1, 0.15) is 5.82 Å². The second kappa shape index (κ2) is 7.08. The number of rotatable bonds is 8. The Labute approximate surface area is 129 Å². The van der Waals surface area contributed by atoms with E-state index in [1.807, 2.05) is 0 Å². The molecule has 0 spiro atoms. The van der Waals surface area contributed by atoms with E-state index in [2.05, 4.69) is 56.6 Å². The average Bonchev–Trinajstić information content (AvgIpc) is 3.26. The van der Waals surface area contributed by atoms with Crippen LogP contribution in [0.25, 0.3) is 0 Å². The molecule has 1 aromatic heterocycles. The predicted molar refractivity (Wildman–Crippen MR) is 90.9 cm³/mol. The summed E-state index contributed by atoms with van der Waals surface area (Å²) < 4.78 is 0. The minimum atomic E-state index is 0.452. The molecule has 0 aromatic carbocycles. The van der Waals surface area contributed by atoms with E-state index in [1.165, 1.54) is 29.7 Å². The van der Waals surface area contributed by atoms with Crippen molar-refractivity contribution < 1.29 is 0 Å². The SMILES string of the molecule is C=C(C)CN(CC)c1cc(CNC2CC2)cc(C(C)C)n1. The molecule has 0 saturated heterocycles. The van der Waals surface area contributed by atoms with Gasteiger partial charge in [0.2, 0.25) is 0 Å². The van der Waals surface area contributed by atoms with Gasteiger partial charge in [-0.15, -0.1) is 0 Å². The van der Waals surface area contributed by atoms with Crippen LogP contribution in [0.15, 0.2) is 24.3 Å². The van der Waals surface area contributed by atoms with Crippen molar-refractivity contribution in [3.8, 4) is 0 Å². The average molecular weight is 287 g/mol. The molecule has 1 aromatic rings. The fraction of sp³-hybridized carbons (Fsp3) is 0.611. The number of hydrogen-bond donors (Lipinski definition) is 1. The summed E-state index contributed by atoms with van der Waals surface area (Å²) in [5.41, 5.74) is 3.70. The Balaban J connectivity index is 2.21. The maximum Gasteiger partial charge on any atom is 0.129 e. The molecule has 3 heteroatoms. The zero-order valence-electron chi connectivity index (χ0n) is 13.9. The number of nitrogens with zero attached hydrogens (tertiary/aromatic N) is 2. The number of nitrogens with one attached hydrogen (secondary N) is 1. The molecule has 1 fully saturated rings. The topological polar surface area (TPSA) is 28.2 Å². The first-order valence-corrected chi connectivity index (χ1v) is 8.13. The molecule has 1 saturated carbocycles. The summed E-state index contributed by atoms with van der Waals surface area (Å²) in [6, 6.07) is 5.22. The molecular formula is C18H29N3. The van der Waals surface area contributed by atoms with E-state index >= 15 is 0 Å². The van der Waals surface area contributed by atoms with Gasteiger partial charge in [0.05, 0.1) is 0 Å². The summed E-state index contributed by atoms with van der Waals surface area (Å²) in [6.07, 6.45) is 2.65. The Bertz CT molecular complexity index is 489. The van der Waals surface area contributed by atoms with Gasteiger partial charge in [-0.1, -0.05) is 26.0 Å². The summed E-state index contributed by atoms with van der Waals surface area (Å²) >= 11 is 0. The fourth-order valence-corrected chi connectivity index (χ4v) is 2.38. The molecule has 0 radical (unpaired) electrons. The van der Waals surface area contributed by atoms with Crippen molar-refractivity contribution in [3.63, 3.8) is 0 Å². The maximum atomic E-state index is 4.86. The number of likely N-dealkylation sites (N-methyl/N-ethyl adjacent to an activating group) is 1. The second-order valence-corrected chi connectivity index (χ2v) is 6.54. The Morgan fingerprint density at radius 3 is 2.67 bits per heavy atom. The van der Waals surface area contributed by atoms with Crippen LogP contribution in [0, 0.1) is 0 Å². The molecule has 0 aliphatic heterocycles. The highest BCUT2D eigenvalue weighted by Gasteiger charge is 2.20. The van der Waals surface area contributed by atoms with Gasteiger partial charge in [-0.2, -0.15) is 0 Å². The van der Waals surface area contributed by atoms with Crippen molar-refractivity contribution in [1.82, 2.24) is 10.3 Å². The normalized spacial score (nSPS) is 14.5. The van der Waals surface area contributed by atoms with Gasteiger partial charge in [-0.3, -0.25) is 0 Å². The molecule has 0 unspecified atom stereocenters. The molecule has 21 heavy (non-hydrogen) atoms. The molecule has 1 N–H and O–H groups in total. The molecule has 1 heterocycles. The minimum absolute atomic E-state index is 0.452. The largest absolute Gasteiger partial charge is 0.353 e. The third kappa shape index (κ3) is 4.85. The van der Waals surface area contributed by atoms with E-state index in [-0.39, 0.29) is 0 Å². The lowest BCUT2D eigenvalue weighted by molar-refractivity contribution is 0.682. The van der Waals surface area contributed by atoms with Gasteiger partial charge >= 0.3 is 0 Å². The summed E-state index contributed by atoms with van der Waals surface area (Å²) in [5.74, 6) is 1.53. The molecule has 1 aliphatic rings. The lowest BCUT2D eigenvalue weighted by atomic mass is 10.1. The highest BCUT2D eigenvalue weighted by molar-refractivity contribution is 5.44. The van der Waals surface area contributed by atoms with Gasteiger partial charge in [-0.05, 0) is 50.3 Å². The third-order valence-corrected chi connectivity index (χ3v) is 3.82. The first-order chi connectivity index (χ1) is 9.99. The van der Waals surface area contributed by atoms with Crippen molar-refractivity contribution in [1.29, 1.82) is 0 Å². The van der Waals surface area contributed by atoms with Gasteiger partial charge in [-0.25, -0.2) is 4.98 Å². The van der Waals surface area contributed by atoms with Crippen LogP contribution >= 0.6 is 0 Å². The number of pyridine rings is 1. The Kier molecular flexibility index (Phi) is 5.40. The Morgan fingerprint density at radius 2 is 2.14 bits per heavy atom. The van der Waals surface area contributed by atoms with Crippen LogP contribution in [-0.2, 0) is 6.54 Å². The lowest BCUT2D eigenvalue weighted by Gasteiger charge is -2.24. The van der Waals surface area contributed by atoms with Gasteiger partial charge in [0.15, 0.2) is 0 Å². The van der Waals surface area contributed by atoms with Crippen LogP contribution in [0.4, 0.5) is 5.82 Å². The van der Waals surface area contributed by atoms with Crippen molar-refractivity contribution >= 4 is 5.82 Å². The molecule has 0 amide bonds. The number of aromatic nitrogens is 1. The molecule has 0 atom stereocenters. The number of anilines is 1. The summed E-state index contributed by atoms with van der Waals surface area (Å²) in [5, 5.41) is 3.60. The van der Waals surface area contributed by atoms with E-state index in [4.69, 9.17) is 4.98 Å². The molecule has 2 rings (SSSR count). The van der Waals surface area contributed by atoms with E-state index < -0.39 is 0 Å². The monoisotopic (exact) mass is 287 g/mol. The minimum Gasteiger partial charge on any atom is -0.353 e. The first-order valence-electron chi connectivity index (χ1n) is 8.13. The van der Waals surface area contributed by atoms with Crippen LogP contribution in [0.1, 0.15) is 57.7 Å². The first kappa shape index (κ1) is 16.0. The fourth-order valence-electron chi connectivity index (χ4n) is 2.38. The summed E-state index contributed by atoms with van der Waals surface area (Å²) in [4.78, 5) is 7.16. The lowest BCUT2D eigenvalue weighted by Crippen LogP contribution is -2.26. The quantitative estimate of drug-likeness (QED) is 0.736. The zero-order chi connectivity index (χ0) is 15.4. The van der Waals surface area contributed by atoms with Crippen LogP contribution in [0.3, 0.4) is 0 Å². The van der Waals surface area contributed by atoms with Crippen LogP contribution in [0.5, 0.6) is 0 Å². The van der Waals surface area contributed by atoms with Crippen molar-refractivity contribution in [2.45, 2.75) is 59.0 Å². The third-order valence-electron chi connectivity index (χ3n) is 3.82. The number of hydrogen-bond acceptors (Lipinski definition) is 3. The predicted octanol–water partition coefficient (Wildman–Crippen LogP) is 3.86. The standard InChI is InChI=1S/C18H29N3/c1-6-21(12-13(2)3)18-10-15(11-19-16-7-8-16)9-17(20-18)14(4)5/h9-10,14,16,19H,2,6-8,11-12H2,1,3-5H3. The van der Waals surface area contributed by atoms with Crippen molar-refractivity contribution in [3.05, 3.63) is 35.5 Å². The highest BCUT2D eigenvalue weighted by Crippen LogP contribution is 2.23. The van der Waals surface area contributed by atoms with Crippen molar-refractivity contribution in [2.75, 3.05) is 18.0 Å². The molecule has 1 aliphatic carbocycles. The Hall–Kier alpha value is -1.35. The summed E-state index contributed by atoms with van der Waals surface area (Å²) in [7, 11) is 0. The molecule has 3 nitrogen and oxygen atoms in total. The van der Waals surface area contributed by atoms with Crippen LogP contribution < -0.4 is 10.2 Å². The van der Waals surface area contributed by atoms with Gasteiger partial charge in [0.25, 0.3) is 0 Å². The van der Waals surface area contributed by atoms with Crippen LogP contribution in [-0.4, -0.2) is 24.1 Å². The zero-order valence-corrected chi connectivity index (χ0v) is 13.9. The van der Waals surface area contributed by atoms with E-state index in [0.717, 1.165) is 31.5 Å². The van der Waals surface area contributed by atoms with E-state index in [0.29, 0.717) is 5.92 Å². The van der Waals surface area contributed by atoms with Gasteiger partial charge < -0.3 is 10.2 Å². The van der Waals surface area contributed by atoms with E-state index in [9.17, 15) is 0 Å². The van der Waals surface area contributed by atoms with Crippen LogP contribution in [0.2, 0.25) is 0 Å². The van der Waals surface area contributed by atoms with Crippen molar-refractivity contribution in [2.24, 2.45) is 0 Å². The molecular weight excluding hydrogens is 258 g/mol. The van der Waals surface area contributed by atoms with Gasteiger partial charge in [0, 0.05) is 31.4 Å². The highest BCUT2D eigenvalue weighted by atomic mass is 15.2. The molecule has 0 bridgehead atoms. The summed E-state index contributed by atoms with van der Waals surface area (Å²) in [6.45, 7) is 15.5. The molecule has 116 valence electrons. The van der Waals surface area contributed by atoms with E-state index in [1.54, 1.807) is 0 Å². The Morgan fingerprint density at radius 1 is 1.43 bits per heavy atom. The smallest absolute Gasteiger partial charge is 0.129 e. The maximum absolute atomic E-state index is 4.86.